The van der Waals surface area contributed by atoms with Crippen molar-refractivity contribution in [3.8, 4) is 0 Å². The smallest absolute Gasteiger partial charge is 0.126 e. The molecule has 2 aromatic carbocycles. The van der Waals surface area contributed by atoms with E-state index in [1.54, 1.807) is 12.1 Å². The molecule has 0 saturated heterocycles. The molecule has 1 nitrogen and oxygen atoms in total. The van der Waals surface area contributed by atoms with Gasteiger partial charge in [0.1, 0.15) is 5.82 Å². The summed E-state index contributed by atoms with van der Waals surface area (Å²) >= 11 is 3.36. The van der Waals surface area contributed by atoms with Gasteiger partial charge in [-0.2, -0.15) is 0 Å². The highest BCUT2D eigenvalue weighted by Gasteiger charge is 2.06. The predicted octanol–water partition coefficient (Wildman–Crippen LogP) is 3.76. The minimum absolute atomic E-state index is 0.193. The summed E-state index contributed by atoms with van der Waals surface area (Å²) in [7, 11) is 0. The Morgan fingerprint density at radius 2 is 1.69 bits per heavy atom. The van der Waals surface area contributed by atoms with Crippen molar-refractivity contribution >= 4 is 21.6 Å². The lowest BCUT2D eigenvalue weighted by Gasteiger charge is -2.08. The third-order valence-electron chi connectivity index (χ3n) is 2.48. The first kappa shape index (κ1) is 11.1. The van der Waals surface area contributed by atoms with Crippen LogP contribution < -0.4 is 5.73 Å². The van der Waals surface area contributed by atoms with E-state index >= 15 is 0 Å². The lowest BCUT2D eigenvalue weighted by molar-refractivity contribution is 0.614. The molecule has 0 aliphatic carbocycles. The molecule has 0 radical (unpaired) electrons. The number of halogens is 2. The molecule has 2 rings (SSSR count). The summed E-state index contributed by atoms with van der Waals surface area (Å²) in [5.41, 5.74) is 8.17. The van der Waals surface area contributed by atoms with E-state index in [0.29, 0.717) is 17.7 Å². The van der Waals surface area contributed by atoms with E-state index in [1.807, 2.05) is 24.3 Å². The first-order valence-corrected chi connectivity index (χ1v) is 5.74. The number of hydrogen-bond donors (Lipinski definition) is 1. The Balaban J connectivity index is 2.35. The highest BCUT2D eigenvalue weighted by molar-refractivity contribution is 9.10. The van der Waals surface area contributed by atoms with Gasteiger partial charge in [-0.25, -0.2) is 4.39 Å². The van der Waals surface area contributed by atoms with E-state index in [4.69, 9.17) is 5.73 Å². The summed E-state index contributed by atoms with van der Waals surface area (Å²) < 4.78 is 14.3. The molecule has 0 aromatic heterocycles. The monoisotopic (exact) mass is 279 g/mol. The number of nitrogen functional groups attached to an aromatic ring is 1. The fourth-order valence-corrected chi connectivity index (χ4v) is 1.99. The van der Waals surface area contributed by atoms with Gasteiger partial charge in [0.15, 0.2) is 0 Å². The molecule has 0 unspecified atom stereocenters. The van der Waals surface area contributed by atoms with Gasteiger partial charge in [0, 0.05) is 16.6 Å². The molecule has 0 fully saturated rings. The van der Waals surface area contributed by atoms with Crippen molar-refractivity contribution in [1.29, 1.82) is 0 Å². The number of anilines is 1. The summed E-state index contributed by atoms with van der Waals surface area (Å²) in [4.78, 5) is 0. The van der Waals surface area contributed by atoms with Gasteiger partial charge in [0.05, 0.1) is 0 Å². The Kier molecular flexibility index (Phi) is 3.25. The van der Waals surface area contributed by atoms with E-state index in [1.165, 1.54) is 6.07 Å². The zero-order valence-electron chi connectivity index (χ0n) is 8.58. The zero-order valence-corrected chi connectivity index (χ0v) is 10.2. The highest BCUT2D eigenvalue weighted by atomic mass is 79.9. The lowest BCUT2D eigenvalue weighted by atomic mass is 10.0. The van der Waals surface area contributed by atoms with Gasteiger partial charge in [-0.15, -0.1) is 0 Å². The van der Waals surface area contributed by atoms with Crippen LogP contribution in [-0.2, 0) is 6.42 Å². The molecule has 2 N–H and O–H groups in total. The molecule has 0 atom stereocenters. The maximum atomic E-state index is 13.5. The average Bonchev–Trinajstić information content (AvgIpc) is 2.28. The molecule has 16 heavy (non-hydrogen) atoms. The normalized spacial score (nSPS) is 10.4. The van der Waals surface area contributed by atoms with E-state index in [-0.39, 0.29) is 5.82 Å². The molecular weight excluding hydrogens is 269 g/mol. The third kappa shape index (κ3) is 2.25. The largest absolute Gasteiger partial charge is 0.398 e. The van der Waals surface area contributed by atoms with Crippen LogP contribution in [0.3, 0.4) is 0 Å². The second-order valence-electron chi connectivity index (χ2n) is 3.58. The number of benzene rings is 2. The van der Waals surface area contributed by atoms with Crippen LogP contribution in [0.4, 0.5) is 10.1 Å². The van der Waals surface area contributed by atoms with E-state index in [9.17, 15) is 4.39 Å². The molecule has 0 spiro atoms. The molecule has 0 bridgehead atoms. The van der Waals surface area contributed by atoms with Crippen molar-refractivity contribution in [3.05, 3.63) is 63.9 Å². The van der Waals surface area contributed by atoms with Crippen molar-refractivity contribution in [3.63, 3.8) is 0 Å². The van der Waals surface area contributed by atoms with Crippen molar-refractivity contribution in [1.82, 2.24) is 0 Å². The molecule has 0 amide bonds. The summed E-state index contributed by atoms with van der Waals surface area (Å²) in [6.07, 6.45) is 0.512. The maximum absolute atomic E-state index is 13.5. The van der Waals surface area contributed by atoms with Crippen LogP contribution in [0.15, 0.2) is 46.9 Å². The standard InChI is InChI=1S/C13H11BrFN/c14-11-6-3-5-10(13(11)16)8-9-4-1-2-7-12(9)15/h1-7H,8,16H2. The Morgan fingerprint density at radius 3 is 2.44 bits per heavy atom. The minimum Gasteiger partial charge on any atom is -0.398 e. The molecule has 0 aliphatic rings. The van der Waals surface area contributed by atoms with E-state index in [0.717, 1.165) is 10.0 Å². The molecule has 82 valence electrons. The van der Waals surface area contributed by atoms with Crippen LogP contribution in [0.1, 0.15) is 11.1 Å². The van der Waals surface area contributed by atoms with Crippen LogP contribution in [0.5, 0.6) is 0 Å². The van der Waals surface area contributed by atoms with Gasteiger partial charge in [0.25, 0.3) is 0 Å². The minimum atomic E-state index is -0.193. The summed E-state index contributed by atoms with van der Waals surface area (Å²) in [5, 5.41) is 0. The van der Waals surface area contributed by atoms with Gasteiger partial charge in [-0.1, -0.05) is 30.3 Å². The van der Waals surface area contributed by atoms with Gasteiger partial charge in [0.2, 0.25) is 0 Å². The maximum Gasteiger partial charge on any atom is 0.126 e. The Hall–Kier alpha value is -1.35. The Bertz CT molecular complexity index is 511. The lowest BCUT2D eigenvalue weighted by Crippen LogP contribution is -1.98. The average molecular weight is 280 g/mol. The van der Waals surface area contributed by atoms with Gasteiger partial charge >= 0.3 is 0 Å². The molecule has 2 aromatic rings. The number of hydrogen-bond acceptors (Lipinski definition) is 1. The van der Waals surface area contributed by atoms with Crippen LogP contribution >= 0.6 is 15.9 Å². The number of para-hydroxylation sites is 1. The van der Waals surface area contributed by atoms with Crippen LogP contribution in [0.2, 0.25) is 0 Å². The van der Waals surface area contributed by atoms with E-state index in [2.05, 4.69) is 15.9 Å². The van der Waals surface area contributed by atoms with Gasteiger partial charge < -0.3 is 5.73 Å². The van der Waals surface area contributed by atoms with Crippen molar-refractivity contribution in [2.45, 2.75) is 6.42 Å². The molecule has 0 saturated carbocycles. The fraction of sp³-hybridized carbons (Fsp3) is 0.0769. The Morgan fingerprint density at radius 1 is 1.00 bits per heavy atom. The predicted molar refractivity (Wildman–Crippen MR) is 67.8 cm³/mol. The van der Waals surface area contributed by atoms with E-state index < -0.39 is 0 Å². The highest BCUT2D eigenvalue weighted by Crippen LogP contribution is 2.25. The van der Waals surface area contributed by atoms with Crippen molar-refractivity contribution < 1.29 is 4.39 Å². The molecule has 3 heteroatoms. The van der Waals surface area contributed by atoms with Gasteiger partial charge in [-0.05, 0) is 39.2 Å². The fourth-order valence-electron chi connectivity index (χ4n) is 1.58. The third-order valence-corrected chi connectivity index (χ3v) is 3.17. The topological polar surface area (TPSA) is 26.0 Å². The second-order valence-corrected chi connectivity index (χ2v) is 4.44. The van der Waals surface area contributed by atoms with Crippen molar-refractivity contribution in [2.75, 3.05) is 5.73 Å². The molecule has 0 heterocycles. The first-order chi connectivity index (χ1) is 7.68. The number of nitrogens with two attached hydrogens (primary N) is 1. The van der Waals surface area contributed by atoms with Crippen LogP contribution in [0.25, 0.3) is 0 Å². The number of rotatable bonds is 2. The second kappa shape index (κ2) is 4.66. The molecule has 0 aliphatic heterocycles. The SMILES string of the molecule is Nc1c(Br)cccc1Cc1ccccc1F. The Labute approximate surface area is 102 Å². The summed E-state index contributed by atoms with van der Waals surface area (Å²) in [6.45, 7) is 0. The first-order valence-electron chi connectivity index (χ1n) is 4.95. The zero-order chi connectivity index (χ0) is 11.5. The quantitative estimate of drug-likeness (QED) is 0.833. The van der Waals surface area contributed by atoms with Crippen molar-refractivity contribution in [2.24, 2.45) is 0 Å². The summed E-state index contributed by atoms with van der Waals surface area (Å²) in [5.74, 6) is -0.193. The van der Waals surface area contributed by atoms with Gasteiger partial charge in [-0.3, -0.25) is 0 Å². The molecular formula is C13H11BrFN. The van der Waals surface area contributed by atoms with Crippen LogP contribution in [-0.4, -0.2) is 0 Å². The van der Waals surface area contributed by atoms with Crippen LogP contribution in [0, 0.1) is 5.82 Å². The summed E-state index contributed by atoms with van der Waals surface area (Å²) in [6, 6.07) is 12.4.